The second-order valence-corrected chi connectivity index (χ2v) is 4.77. The first-order valence-electron chi connectivity index (χ1n) is 5.36. The molecular weight excluding hydrogens is 206 g/mol. The first kappa shape index (κ1) is 12.8. The first-order valence-corrected chi connectivity index (χ1v) is 5.36. The van der Waals surface area contributed by atoms with E-state index in [9.17, 15) is 4.79 Å². The lowest BCUT2D eigenvalue weighted by Crippen LogP contribution is -2.38. The van der Waals surface area contributed by atoms with Gasteiger partial charge in [0.1, 0.15) is 11.6 Å². The molecule has 0 radical (unpaired) electrons. The minimum Gasteiger partial charge on any atom is -0.472 e. The van der Waals surface area contributed by atoms with Crippen molar-refractivity contribution in [3.63, 3.8) is 0 Å². The van der Waals surface area contributed by atoms with Crippen LogP contribution < -0.4 is 5.32 Å². The van der Waals surface area contributed by atoms with Crippen LogP contribution in [0.3, 0.4) is 0 Å². The van der Waals surface area contributed by atoms with Gasteiger partial charge in [0.2, 0.25) is 0 Å². The number of nitrogens with one attached hydrogen (secondary N) is 1. The molecule has 4 nitrogen and oxygen atoms in total. The van der Waals surface area contributed by atoms with Gasteiger partial charge in [0.25, 0.3) is 0 Å². The fourth-order valence-electron chi connectivity index (χ4n) is 1.14. The Morgan fingerprint density at radius 1 is 1.56 bits per heavy atom. The van der Waals surface area contributed by atoms with E-state index in [-0.39, 0.29) is 12.0 Å². The Bertz CT molecular complexity index is 325. The summed E-state index contributed by atoms with van der Waals surface area (Å²) in [5.41, 5.74) is 0.568. The van der Waals surface area contributed by atoms with Crippen LogP contribution >= 0.6 is 0 Å². The van der Waals surface area contributed by atoms with Crippen molar-refractivity contribution in [3.05, 3.63) is 24.2 Å². The van der Waals surface area contributed by atoms with Crippen molar-refractivity contribution in [1.82, 2.24) is 5.32 Å². The molecule has 0 unspecified atom stereocenters. The maximum Gasteiger partial charge on any atom is 0.323 e. The van der Waals surface area contributed by atoms with E-state index in [1.807, 2.05) is 26.8 Å². The molecule has 0 aromatic carbocycles. The third kappa shape index (κ3) is 4.49. The van der Waals surface area contributed by atoms with Crippen LogP contribution in [0.4, 0.5) is 0 Å². The molecule has 90 valence electrons. The third-order valence-corrected chi connectivity index (χ3v) is 1.95. The Kier molecular flexibility index (Phi) is 4.12. The molecular formula is C12H19NO3. The van der Waals surface area contributed by atoms with Crippen LogP contribution in [0.1, 0.15) is 33.3 Å². The molecule has 16 heavy (non-hydrogen) atoms. The van der Waals surface area contributed by atoms with E-state index in [1.54, 1.807) is 19.5 Å². The summed E-state index contributed by atoms with van der Waals surface area (Å²) in [5, 5.41) is 3.07. The molecule has 1 heterocycles. The Balaban J connectivity index is 2.35. The van der Waals surface area contributed by atoms with E-state index in [2.05, 4.69) is 5.32 Å². The zero-order chi connectivity index (χ0) is 12.2. The van der Waals surface area contributed by atoms with E-state index in [0.29, 0.717) is 6.54 Å². The molecule has 0 spiro atoms. The molecule has 0 bridgehead atoms. The molecule has 1 aromatic heterocycles. The van der Waals surface area contributed by atoms with Gasteiger partial charge in [-0.15, -0.1) is 0 Å². The Morgan fingerprint density at radius 2 is 2.25 bits per heavy atom. The van der Waals surface area contributed by atoms with Crippen LogP contribution in [0.25, 0.3) is 0 Å². The van der Waals surface area contributed by atoms with E-state index in [4.69, 9.17) is 9.15 Å². The van der Waals surface area contributed by atoms with Crippen molar-refractivity contribution >= 4 is 5.97 Å². The van der Waals surface area contributed by atoms with Crippen molar-refractivity contribution in [2.75, 3.05) is 0 Å². The number of hydrogen-bond acceptors (Lipinski definition) is 4. The molecule has 0 aliphatic rings. The van der Waals surface area contributed by atoms with Gasteiger partial charge in [-0.3, -0.25) is 4.79 Å². The van der Waals surface area contributed by atoms with Crippen molar-refractivity contribution < 1.29 is 13.9 Å². The lowest BCUT2D eigenvalue weighted by molar-refractivity contribution is -0.157. The number of carbonyl (C=O) groups excluding carboxylic acids is 1. The molecule has 1 atom stereocenters. The summed E-state index contributed by atoms with van der Waals surface area (Å²) in [7, 11) is 0. The van der Waals surface area contributed by atoms with Crippen LogP contribution in [0.15, 0.2) is 23.0 Å². The zero-order valence-electron chi connectivity index (χ0n) is 10.2. The largest absolute Gasteiger partial charge is 0.472 e. The average molecular weight is 225 g/mol. The summed E-state index contributed by atoms with van der Waals surface area (Å²) in [6.07, 6.45) is 3.25. The molecule has 0 saturated heterocycles. The number of furan rings is 1. The molecule has 4 heteroatoms. The number of carbonyl (C=O) groups is 1. The SMILES string of the molecule is C[C@@H](NCc1ccoc1)C(=O)OC(C)(C)C. The van der Waals surface area contributed by atoms with Crippen LogP contribution in [0, 0.1) is 0 Å². The molecule has 0 fully saturated rings. The predicted octanol–water partition coefficient (Wildman–Crippen LogP) is 2.10. The minimum atomic E-state index is -0.442. The fourth-order valence-corrected chi connectivity index (χ4v) is 1.14. The van der Waals surface area contributed by atoms with E-state index >= 15 is 0 Å². The Morgan fingerprint density at radius 3 is 2.75 bits per heavy atom. The number of rotatable bonds is 4. The van der Waals surface area contributed by atoms with Gasteiger partial charge in [0, 0.05) is 12.1 Å². The summed E-state index contributed by atoms with van der Waals surface area (Å²) in [6.45, 7) is 7.94. The maximum atomic E-state index is 11.6. The highest BCUT2D eigenvalue weighted by molar-refractivity contribution is 5.75. The summed E-state index contributed by atoms with van der Waals surface area (Å²) < 4.78 is 10.2. The van der Waals surface area contributed by atoms with Gasteiger partial charge in [-0.25, -0.2) is 0 Å². The van der Waals surface area contributed by atoms with Crippen LogP contribution in [-0.2, 0) is 16.1 Å². The fraction of sp³-hybridized carbons (Fsp3) is 0.583. The minimum absolute atomic E-state index is 0.240. The topological polar surface area (TPSA) is 51.5 Å². The van der Waals surface area contributed by atoms with E-state index in [0.717, 1.165) is 5.56 Å². The highest BCUT2D eigenvalue weighted by atomic mass is 16.6. The number of ether oxygens (including phenoxy) is 1. The molecule has 0 aliphatic carbocycles. The van der Waals surface area contributed by atoms with E-state index in [1.165, 1.54) is 0 Å². The van der Waals surface area contributed by atoms with Crippen molar-refractivity contribution in [3.8, 4) is 0 Å². The molecule has 0 amide bonds. The van der Waals surface area contributed by atoms with Crippen molar-refractivity contribution in [1.29, 1.82) is 0 Å². The summed E-state index contributed by atoms with van der Waals surface area (Å²) in [5.74, 6) is -0.240. The molecule has 0 saturated carbocycles. The normalized spacial score (nSPS) is 13.5. The Hall–Kier alpha value is -1.29. The van der Waals surface area contributed by atoms with Gasteiger partial charge in [0.15, 0.2) is 0 Å². The highest BCUT2D eigenvalue weighted by Gasteiger charge is 2.21. The molecule has 1 aromatic rings. The average Bonchev–Trinajstić information content (AvgIpc) is 2.63. The standard InChI is InChI=1S/C12H19NO3/c1-9(11(14)16-12(2,3)4)13-7-10-5-6-15-8-10/h5-6,8-9,13H,7H2,1-4H3/t9-/m1/s1. The highest BCUT2D eigenvalue weighted by Crippen LogP contribution is 2.08. The smallest absolute Gasteiger partial charge is 0.323 e. The van der Waals surface area contributed by atoms with Crippen LogP contribution in [-0.4, -0.2) is 17.6 Å². The lowest BCUT2D eigenvalue weighted by Gasteiger charge is -2.22. The van der Waals surface area contributed by atoms with E-state index < -0.39 is 5.60 Å². The summed E-state index contributed by atoms with van der Waals surface area (Å²) >= 11 is 0. The van der Waals surface area contributed by atoms with Crippen molar-refractivity contribution in [2.45, 2.75) is 45.9 Å². The molecule has 1 rings (SSSR count). The number of hydrogen-bond donors (Lipinski definition) is 1. The second-order valence-electron chi connectivity index (χ2n) is 4.77. The van der Waals surface area contributed by atoms with Gasteiger partial charge in [-0.2, -0.15) is 0 Å². The maximum absolute atomic E-state index is 11.6. The lowest BCUT2D eigenvalue weighted by atomic mass is 10.2. The molecule has 1 N–H and O–H groups in total. The van der Waals surface area contributed by atoms with Gasteiger partial charge >= 0.3 is 5.97 Å². The van der Waals surface area contributed by atoms with Gasteiger partial charge in [-0.05, 0) is 33.8 Å². The van der Waals surface area contributed by atoms with Crippen molar-refractivity contribution in [2.24, 2.45) is 0 Å². The van der Waals surface area contributed by atoms with Crippen LogP contribution in [0.5, 0.6) is 0 Å². The summed E-state index contributed by atoms with van der Waals surface area (Å²) in [4.78, 5) is 11.6. The number of esters is 1. The first-order chi connectivity index (χ1) is 7.38. The zero-order valence-corrected chi connectivity index (χ0v) is 10.2. The Labute approximate surface area is 96.0 Å². The third-order valence-electron chi connectivity index (χ3n) is 1.95. The van der Waals surface area contributed by atoms with Gasteiger partial charge < -0.3 is 14.5 Å². The van der Waals surface area contributed by atoms with Gasteiger partial charge in [0.05, 0.1) is 12.5 Å². The monoisotopic (exact) mass is 225 g/mol. The van der Waals surface area contributed by atoms with Crippen LogP contribution in [0.2, 0.25) is 0 Å². The summed E-state index contributed by atoms with van der Waals surface area (Å²) in [6, 6.07) is 1.53. The van der Waals surface area contributed by atoms with Gasteiger partial charge in [-0.1, -0.05) is 0 Å². The predicted molar refractivity (Wildman–Crippen MR) is 60.9 cm³/mol. The quantitative estimate of drug-likeness (QED) is 0.797. The second kappa shape index (κ2) is 5.16. The molecule has 0 aliphatic heterocycles.